The minimum absolute atomic E-state index is 0.161. The lowest BCUT2D eigenvalue weighted by Crippen LogP contribution is -2.38. The van der Waals surface area contributed by atoms with Crippen molar-refractivity contribution < 1.29 is 19.4 Å². The summed E-state index contributed by atoms with van der Waals surface area (Å²) in [7, 11) is -1.16. The van der Waals surface area contributed by atoms with Crippen LogP contribution in [-0.2, 0) is 11.5 Å². The number of ether oxygens (including phenoxy) is 2. The van der Waals surface area contributed by atoms with Crippen LogP contribution in [0.15, 0.2) is 48.9 Å². The van der Waals surface area contributed by atoms with Crippen molar-refractivity contribution >= 4 is 36.2 Å². The highest BCUT2D eigenvalue weighted by Gasteiger charge is 2.31. The molecule has 0 spiro atoms. The van der Waals surface area contributed by atoms with E-state index in [0.29, 0.717) is 25.7 Å². The van der Waals surface area contributed by atoms with Gasteiger partial charge >= 0.3 is 6.09 Å². The molecule has 0 atom stereocenters. The summed E-state index contributed by atoms with van der Waals surface area (Å²) in [4.78, 5) is 27.4. The van der Waals surface area contributed by atoms with Gasteiger partial charge in [-0.1, -0.05) is 19.6 Å². The summed E-state index contributed by atoms with van der Waals surface area (Å²) in [6, 6.07) is 11.3. The van der Waals surface area contributed by atoms with E-state index in [1.807, 2.05) is 48.3 Å². The molecule has 11 nitrogen and oxygen atoms in total. The maximum atomic E-state index is 11.3. The number of imidazole rings is 1. The van der Waals surface area contributed by atoms with E-state index in [1.165, 1.54) is 4.90 Å². The van der Waals surface area contributed by atoms with Crippen molar-refractivity contribution in [3.05, 3.63) is 60.3 Å². The van der Waals surface area contributed by atoms with Gasteiger partial charge in [0.25, 0.3) is 0 Å². The molecular weight excluding hydrogens is 599 g/mol. The lowest BCUT2D eigenvalue weighted by atomic mass is 10.1. The van der Waals surface area contributed by atoms with Gasteiger partial charge in [0.05, 0.1) is 46.2 Å². The Hall–Kier alpha value is -4.29. The standard InChI is InChI=1S/C34H41N7O4Si/c1-22-37-27-8-7-26(17-30(27)40(22)21-44-15-16-46(2,3)4)45-31-10-9-28-33(32(31)23-5-6-23)38-29(19-35-28)24-18-36-41(20-24)25-11-13-39(14-12-25)34(42)43/h7-10,17-20,23,25H,5-6,11-16,21H2,1-4H3,(H,42,43). The monoisotopic (exact) mass is 639 g/mol. The van der Waals surface area contributed by atoms with Gasteiger partial charge < -0.3 is 24.0 Å². The van der Waals surface area contributed by atoms with Crippen LogP contribution in [0.25, 0.3) is 33.3 Å². The number of fused-ring (bicyclic) bond motifs is 2. The predicted molar refractivity (Wildman–Crippen MR) is 179 cm³/mol. The number of nitrogens with zero attached hydrogens (tertiary/aromatic N) is 7. The summed E-state index contributed by atoms with van der Waals surface area (Å²) in [6.07, 6.45) is 8.43. The first kappa shape index (κ1) is 30.4. The van der Waals surface area contributed by atoms with Crippen LogP contribution in [0.1, 0.15) is 49.0 Å². The van der Waals surface area contributed by atoms with Gasteiger partial charge in [-0.05, 0) is 68.8 Å². The molecule has 5 aromatic rings. The van der Waals surface area contributed by atoms with E-state index in [2.05, 4.69) is 35.4 Å². The molecule has 240 valence electrons. The van der Waals surface area contributed by atoms with Gasteiger partial charge in [-0.25, -0.2) is 14.8 Å². The number of carboxylic acid groups (broad SMARTS) is 1. The third-order valence-corrected chi connectivity index (χ3v) is 10.8. The van der Waals surface area contributed by atoms with Crippen molar-refractivity contribution in [3.63, 3.8) is 0 Å². The first-order chi connectivity index (χ1) is 22.1. The predicted octanol–water partition coefficient (Wildman–Crippen LogP) is 7.45. The van der Waals surface area contributed by atoms with E-state index >= 15 is 0 Å². The molecule has 4 heterocycles. The zero-order valence-corrected chi connectivity index (χ0v) is 27.9. The van der Waals surface area contributed by atoms with Crippen LogP contribution in [0, 0.1) is 6.92 Å². The third-order valence-electron chi connectivity index (χ3n) is 9.06. The number of carbonyl (C=O) groups is 1. The average Bonchev–Trinajstić information content (AvgIpc) is 3.65. The molecule has 1 amide bonds. The molecule has 46 heavy (non-hydrogen) atoms. The van der Waals surface area contributed by atoms with E-state index in [1.54, 1.807) is 6.20 Å². The van der Waals surface area contributed by atoms with Crippen molar-refractivity contribution in [2.75, 3.05) is 19.7 Å². The van der Waals surface area contributed by atoms with Crippen LogP contribution >= 0.6 is 0 Å². The molecule has 0 radical (unpaired) electrons. The van der Waals surface area contributed by atoms with Crippen LogP contribution in [0.5, 0.6) is 11.5 Å². The highest BCUT2D eigenvalue weighted by atomic mass is 28.3. The van der Waals surface area contributed by atoms with Gasteiger partial charge in [0.1, 0.15) is 24.1 Å². The summed E-state index contributed by atoms with van der Waals surface area (Å²) in [5.41, 5.74) is 6.36. The Bertz CT molecular complexity index is 1900. The van der Waals surface area contributed by atoms with Crippen LogP contribution in [0.3, 0.4) is 0 Å². The third kappa shape index (κ3) is 6.36. The molecular formula is C34H41N7O4Si. The van der Waals surface area contributed by atoms with E-state index in [-0.39, 0.29) is 6.04 Å². The smallest absolute Gasteiger partial charge is 0.407 e. The lowest BCUT2D eigenvalue weighted by molar-refractivity contribution is 0.0885. The Kier molecular flexibility index (Phi) is 8.01. The second kappa shape index (κ2) is 12.1. The molecule has 0 bridgehead atoms. The zero-order valence-electron chi connectivity index (χ0n) is 26.9. The molecule has 2 fully saturated rings. The number of hydrogen-bond acceptors (Lipinski definition) is 7. The van der Waals surface area contributed by atoms with Gasteiger partial charge in [0, 0.05) is 51.2 Å². The van der Waals surface area contributed by atoms with Gasteiger partial charge in [-0.3, -0.25) is 9.67 Å². The van der Waals surface area contributed by atoms with Gasteiger partial charge in [-0.15, -0.1) is 0 Å². The summed E-state index contributed by atoms with van der Waals surface area (Å²) >= 11 is 0. The van der Waals surface area contributed by atoms with Crippen LogP contribution in [0.4, 0.5) is 4.79 Å². The number of piperidine rings is 1. The molecule has 1 N–H and O–H groups in total. The number of aromatic nitrogens is 6. The molecule has 3 aromatic heterocycles. The van der Waals surface area contributed by atoms with Crippen molar-refractivity contribution in [2.45, 2.75) is 77.0 Å². The van der Waals surface area contributed by atoms with Crippen molar-refractivity contribution in [3.8, 4) is 22.8 Å². The number of aryl methyl sites for hydroxylation is 1. The van der Waals surface area contributed by atoms with E-state index in [0.717, 1.165) is 94.5 Å². The van der Waals surface area contributed by atoms with E-state index in [4.69, 9.17) is 24.4 Å². The van der Waals surface area contributed by atoms with Crippen molar-refractivity contribution in [2.24, 2.45) is 0 Å². The summed E-state index contributed by atoms with van der Waals surface area (Å²) < 4.78 is 16.7. The highest BCUT2D eigenvalue weighted by molar-refractivity contribution is 6.76. The quantitative estimate of drug-likeness (QED) is 0.124. The molecule has 1 aliphatic carbocycles. The van der Waals surface area contributed by atoms with E-state index < -0.39 is 14.2 Å². The van der Waals surface area contributed by atoms with Gasteiger partial charge in [0.15, 0.2) is 0 Å². The summed E-state index contributed by atoms with van der Waals surface area (Å²) in [5, 5.41) is 13.9. The molecule has 0 unspecified atom stereocenters. The number of hydrogen-bond donors (Lipinski definition) is 1. The summed E-state index contributed by atoms with van der Waals surface area (Å²) in [6.45, 7) is 11.3. The SMILES string of the molecule is Cc1nc2ccc(Oc3ccc4ncc(-c5cnn(C6CCN(C(=O)O)CC6)c5)nc4c3C3CC3)cc2n1COCC[Si](C)(C)C. The Labute approximate surface area is 269 Å². The normalized spacial score (nSPS) is 16.0. The van der Waals surface area contributed by atoms with Crippen LogP contribution in [-0.4, -0.2) is 73.2 Å². The number of rotatable bonds is 10. The number of likely N-dealkylation sites (tertiary alicyclic amines) is 1. The minimum atomic E-state index is -1.16. The fourth-order valence-corrected chi connectivity index (χ4v) is 6.93. The molecule has 1 saturated carbocycles. The molecule has 2 aromatic carbocycles. The lowest BCUT2D eigenvalue weighted by Gasteiger charge is -2.29. The molecule has 2 aliphatic rings. The molecule has 7 rings (SSSR count). The maximum absolute atomic E-state index is 11.3. The first-order valence-electron chi connectivity index (χ1n) is 16.2. The van der Waals surface area contributed by atoms with Crippen LogP contribution < -0.4 is 4.74 Å². The number of amides is 1. The first-order valence-corrected chi connectivity index (χ1v) is 19.9. The zero-order chi connectivity index (χ0) is 32.0. The van der Waals surface area contributed by atoms with Gasteiger partial charge in [-0.2, -0.15) is 5.10 Å². The highest BCUT2D eigenvalue weighted by Crippen LogP contribution is 2.48. The van der Waals surface area contributed by atoms with Gasteiger partial charge in [0.2, 0.25) is 0 Å². The summed E-state index contributed by atoms with van der Waals surface area (Å²) in [5.74, 6) is 2.84. The Balaban J connectivity index is 1.14. The second-order valence-electron chi connectivity index (χ2n) is 13.8. The minimum Gasteiger partial charge on any atom is -0.465 e. The van der Waals surface area contributed by atoms with Crippen molar-refractivity contribution in [1.29, 1.82) is 0 Å². The largest absolute Gasteiger partial charge is 0.465 e. The fraction of sp³-hybridized carbons (Fsp3) is 0.441. The molecule has 12 heteroatoms. The number of benzene rings is 2. The maximum Gasteiger partial charge on any atom is 0.407 e. The average molecular weight is 640 g/mol. The fourth-order valence-electron chi connectivity index (χ4n) is 6.18. The van der Waals surface area contributed by atoms with Crippen LogP contribution in [0.2, 0.25) is 25.7 Å². The Morgan fingerprint density at radius 3 is 2.54 bits per heavy atom. The topological polar surface area (TPSA) is 120 Å². The Morgan fingerprint density at radius 2 is 1.80 bits per heavy atom. The van der Waals surface area contributed by atoms with E-state index in [9.17, 15) is 9.90 Å². The van der Waals surface area contributed by atoms with Crippen molar-refractivity contribution in [1.82, 2.24) is 34.2 Å². The second-order valence-corrected chi connectivity index (χ2v) is 19.4. The molecule has 1 aliphatic heterocycles. The Morgan fingerprint density at radius 1 is 1.02 bits per heavy atom. The molecule has 1 saturated heterocycles.